The maximum absolute atomic E-state index is 9.45. The van der Waals surface area contributed by atoms with Gasteiger partial charge in [-0.2, -0.15) is 0 Å². The molecule has 0 aliphatic carbocycles. The van der Waals surface area contributed by atoms with Crippen LogP contribution < -0.4 is 6.15 Å². The minimum atomic E-state index is -1.23. The molecule has 0 aromatic heterocycles. The second-order valence-electron chi connectivity index (χ2n) is 3.88. The van der Waals surface area contributed by atoms with E-state index in [4.69, 9.17) is 10.2 Å². The largest absolute Gasteiger partial charge is 0.479 e. The summed E-state index contributed by atoms with van der Waals surface area (Å²) in [6, 6.07) is 0. The van der Waals surface area contributed by atoms with Crippen molar-refractivity contribution in [3.05, 3.63) is 12.4 Å². The Labute approximate surface area is 103 Å². The van der Waals surface area contributed by atoms with Crippen LogP contribution in [-0.4, -0.2) is 52.3 Å². The van der Waals surface area contributed by atoms with Crippen molar-refractivity contribution in [1.82, 2.24) is 16.0 Å². The third-order valence-electron chi connectivity index (χ3n) is 2.09. The Kier molecular flexibility index (Phi) is 10.6. The predicted molar refractivity (Wildman–Crippen MR) is 67.7 cm³/mol. The van der Waals surface area contributed by atoms with E-state index >= 15 is 0 Å². The van der Waals surface area contributed by atoms with Crippen LogP contribution in [0.15, 0.2) is 12.4 Å². The Bertz CT molecular complexity index is 232. The summed E-state index contributed by atoms with van der Waals surface area (Å²) in [4.78, 5) is 14.0. The van der Waals surface area contributed by atoms with Crippen LogP contribution in [0.5, 0.6) is 0 Å². The van der Waals surface area contributed by atoms with Crippen LogP contribution in [0, 0.1) is 0 Å². The van der Waals surface area contributed by atoms with Crippen molar-refractivity contribution in [3.63, 3.8) is 0 Å². The average Bonchev–Trinajstić information content (AvgIpc) is 2.62. The third-order valence-corrected chi connectivity index (χ3v) is 2.09. The van der Waals surface area contributed by atoms with Crippen LogP contribution in [0.2, 0.25) is 0 Å². The van der Waals surface area contributed by atoms with E-state index < -0.39 is 12.1 Å². The molecule has 1 aliphatic rings. The zero-order valence-electron chi connectivity index (χ0n) is 11.0. The molecule has 1 aliphatic heterocycles. The molecule has 1 heterocycles. The maximum Gasteiger partial charge on any atom is 0.332 e. The van der Waals surface area contributed by atoms with E-state index in [9.17, 15) is 4.79 Å². The Morgan fingerprint density at radius 2 is 2.00 bits per heavy atom. The monoisotopic (exact) mass is 247 g/mol. The molecule has 102 valence electrons. The van der Waals surface area contributed by atoms with Gasteiger partial charge < -0.3 is 26.2 Å². The van der Waals surface area contributed by atoms with Crippen molar-refractivity contribution in [2.24, 2.45) is 0 Å². The summed E-state index contributed by atoms with van der Waals surface area (Å²) in [5, 5.41) is 15.8. The van der Waals surface area contributed by atoms with Gasteiger partial charge in [-0.1, -0.05) is 13.3 Å². The van der Waals surface area contributed by atoms with E-state index in [-0.39, 0.29) is 6.15 Å². The van der Waals surface area contributed by atoms with Gasteiger partial charge in [-0.05, 0) is 13.3 Å². The minimum absolute atomic E-state index is 0. The molecule has 0 fully saturated rings. The highest BCUT2D eigenvalue weighted by Gasteiger charge is 2.05. The molecule has 0 aromatic carbocycles. The first kappa shape index (κ1) is 18.1. The Balaban J connectivity index is 0. The van der Waals surface area contributed by atoms with Crippen molar-refractivity contribution < 1.29 is 15.0 Å². The van der Waals surface area contributed by atoms with Gasteiger partial charge in [-0.15, -0.1) is 0 Å². The van der Waals surface area contributed by atoms with Gasteiger partial charge in [0.25, 0.3) is 0 Å². The molecule has 0 saturated heterocycles. The first-order valence-electron chi connectivity index (χ1n) is 5.50. The molecule has 17 heavy (non-hydrogen) atoms. The van der Waals surface area contributed by atoms with Gasteiger partial charge in [0.05, 0.1) is 6.67 Å². The summed E-state index contributed by atoms with van der Waals surface area (Å²) in [6.07, 6.45) is 5.64. The molecule has 0 aromatic rings. The summed E-state index contributed by atoms with van der Waals surface area (Å²) >= 11 is 0. The number of carboxylic acids is 1. The number of nitrogens with zero attached hydrogens (tertiary/aromatic N) is 2. The molecule has 6 heteroatoms. The van der Waals surface area contributed by atoms with Crippen molar-refractivity contribution >= 4 is 5.97 Å². The quantitative estimate of drug-likeness (QED) is 0.687. The topological polar surface area (TPSA) is 99.0 Å². The summed E-state index contributed by atoms with van der Waals surface area (Å²) in [5.41, 5.74) is 0. The van der Waals surface area contributed by atoms with Crippen LogP contribution in [0.1, 0.15) is 26.7 Å². The Morgan fingerprint density at radius 3 is 2.29 bits per heavy atom. The lowest BCUT2D eigenvalue weighted by molar-refractivity contribution is -0.145. The molecule has 1 atom stereocenters. The fourth-order valence-electron chi connectivity index (χ4n) is 1.10. The fourth-order valence-corrected chi connectivity index (χ4v) is 1.10. The zero-order chi connectivity index (χ0) is 12.6. The normalized spacial score (nSPS) is 14.8. The first-order chi connectivity index (χ1) is 7.47. The van der Waals surface area contributed by atoms with Crippen molar-refractivity contribution in [2.75, 3.05) is 20.3 Å². The molecule has 6 nitrogen and oxygen atoms in total. The second-order valence-corrected chi connectivity index (χ2v) is 3.88. The van der Waals surface area contributed by atoms with Gasteiger partial charge in [0.15, 0.2) is 0 Å². The number of aliphatic hydroxyl groups excluding tert-OH is 1. The summed E-state index contributed by atoms with van der Waals surface area (Å²) in [6.45, 7) is 5.70. The minimum Gasteiger partial charge on any atom is -0.479 e. The zero-order valence-corrected chi connectivity index (χ0v) is 11.0. The van der Waals surface area contributed by atoms with E-state index in [0.717, 1.165) is 6.67 Å². The average molecular weight is 247 g/mol. The van der Waals surface area contributed by atoms with Gasteiger partial charge in [0.1, 0.15) is 6.10 Å². The van der Waals surface area contributed by atoms with Crippen LogP contribution in [0.3, 0.4) is 0 Å². The number of hydrogen-bond donors (Lipinski definition) is 3. The lowest BCUT2D eigenvalue weighted by atomic mass is 10.3. The maximum atomic E-state index is 9.45. The smallest absolute Gasteiger partial charge is 0.332 e. The Morgan fingerprint density at radius 1 is 1.47 bits per heavy atom. The van der Waals surface area contributed by atoms with E-state index in [2.05, 4.69) is 36.2 Å². The van der Waals surface area contributed by atoms with Gasteiger partial charge in [-0.25, -0.2) is 4.79 Å². The standard InChI is InChI=1S/C8H16N2.C3H6O3.H3N/c1-3-4-5-10-7-6-9(2)8-10;1-2(4)3(5)6;/h6-7H,3-5,8H2,1-2H3;2,4H,1H3,(H,5,6);1H3. The van der Waals surface area contributed by atoms with Crippen LogP contribution >= 0.6 is 0 Å². The highest BCUT2D eigenvalue weighted by Crippen LogP contribution is 2.04. The van der Waals surface area contributed by atoms with Crippen molar-refractivity contribution in [2.45, 2.75) is 32.8 Å². The molecular formula is C11H25N3O3. The van der Waals surface area contributed by atoms with Crippen LogP contribution in [0.25, 0.3) is 0 Å². The van der Waals surface area contributed by atoms with E-state index in [0.29, 0.717) is 0 Å². The van der Waals surface area contributed by atoms with Gasteiger partial charge >= 0.3 is 5.97 Å². The fraction of sp³-hybridized carbons (Fsp3) is 0.727. The molecule has 0 radical (unpaired) electrons. The molecule has 1 rings (SSSR count). The second kappa shape index (κ2) is 9.92. The van der Waals surface area contributed by atoms with E-state index in [1.165, 1.54) is 26.3 Å². The van der Waals surface area contributed by atoms with Crippen molar-refractivity contribution in [1.29, 1.82) is 0 Å². The van der Waals surface area contributed by atoms with E-state index in [1.54, 1.807) is 0 Å². The predicted octanol–water partition coefficient (Wildman–Crippen LogP) is 1.08. The number of aliphatic carboxylic acids is 1. The summed E-state index contributed by atoms with van der Waals surface area (Å²) in [5.74, 6) is -1.19. The molecule has 0 saturated carbocycles. The Hall–Kier alpha value is -1.27. The highest BCUT2D eigenvalue weighted by molar-refractivity contribution is 5.71. The lowest BCUT2D eigenvalue weighted by Gasteiger charge is -2.17. The molecular weight excluding hydrogens is 222 g/mol. The number of rotatable bonds is 4. The molecule has 1 unspecified atom stereocenters. The number of aliphatic hydroxyl groups is 1. The van der Waals surface area contributed by atoms with Gasteiger partial charge in [0.2, 0.25) is 0 Å². The third kappa shape index (κ3) is 9.65. The van der Waals surface area contributed by atoms with Crippen LogP contribution in [-0.2, 0) is 4.79 Å². The molecule has 0 spiro atoms. The van der Waals surface area contributed by atoms with Crippen LogP contribution in [0.4, 0.5) is 0 Å². The lowest BCUT2D eigenvalue weighted by Crippen LogP contribution is -2.23. The molecule has 0 amide bonds. The number of hydrogen-bond acceptors (Lipinski definition) is 5. The summed E-state index contributed by atoms with van der Waals surface area (Å²) < 4.78 is 0. The number of carboxylic acid groups (broad SMARTS) is 1. The first-order valence-corrected chi connectivity index (χ1v) is 5.50. The SMILES string of the molecule is CC(O)C(=O)O.CCCCN1C=CN(C)C1.N. The van der Waals surface area contributed by atoms with Gasteiger partial charge in [-0.3, -0.25) is 0 Å². The number of unbranched alkanes of at least 4 members (excludes halogenated alkanes) is 1. The van der Waals surface area contributed by atoms with E-state index in [1.807, 2.05) is 0 Å². The van der Waals surface area contributed by atoms with Gasteiger partial charge in [0, 0.05) is 26.0 Å². The molecule has 5 N–H and O–H groups in total. The highest BCUT2D eigenvalue weighted by atomic mass is 16.4. The summed E-state index contributed by atoms with van der Waals surface area (Å²) in [7, 11) is 2.10. The van der Waals surface area contributed by atoms with Crippen molar-refractivity contribution in [3.8, 4) is 0 Å². The number of carbonyl (C=O) groups is 1. The molecule has 0 bridgehead atoms.